The number of hydrogen-bond donors (Lipinski definition) is 3. The highest BCUT2D eigenvalue weighted by Crippen LogP contribution is 2.19. The summed E-state index contributed by atoms with van der Waals surface area (Å²) in [4.78, 5) is 28.3. The zero-order valence-electron chi connectivity index (χ0n) is 13.1. The fraction of sp³-hybridized carbons (Fsp3) is 0.188. The van der Waals surface area contributed by atoms with Gasteiger partial charge < -0.3 is 5.32 Å². The normalized spacial score (nSPS) is 12.1. The van der Waals surface area contributed by atoms with E-state index in [1.165, 1.54) is 0 Å². The monoisotopic (exact) mass is 437 g/mol. The van der Waals surface area contributed by atoms with Gasteiger partial charge in [0.1, 0.15) is 5.82 Å². The molecule has 0 bridgehead atoms. The highest BCUT2D eigenvalue weighted by Gasteiger charge is 2.14. The van der Waals surface area contributed by atoms with Crippen molar-refractivity contribution in [1.82, 2.24) is 18.3 Å². The summed E-state index contributed by atoms with van der Waals surface area (Å²) in [6.45, 7) is 3.65. The van der Waals surface area contributed by atoms with Crippen molar-refractivity contribution in [3.05, 3.63) is 58.0 Å². The summed E-state index contributed by atoms with van der Waals surface area (Å²) in [5.74, 6) is 0.391. The SMILES string of the molecule is Cc1nc(NC(=O)N[C@H](C)c2ccccc2)cc2c1c(=O)[nH]n2I. The maximum absolute atomic E-state index is 12.2. The summed E-state index contributed by atoms with van der Waals surface area (Å²) in [5.41, 5.74) is 2.06. The molecule has 2 amide bonds. The lowest BCUT2D eigenvalue weighted by molar-refractivity contribution is 0.249. The van der Waals surface area contributed by atoms with E-state index in [-0.39, 0.29) is 17.6 Å². The molecular formula is C16H16IN5O2. The van der Waals surface area contributed by atoms with E-state index >= 15 is 0 Å². The Kier molecular flexibility index (Phi) is 4.56. The number of anilines is 1. The van der Waals surface area contributed by atoms with Crippen LogP contribution in [-0.4, -0.2) is 19.0 Å². The molecule has 0 aliphatic carbocycles. The molecular weight excluding hydrogens is 421 g/mol. The van der Waals surface area contributed by atoms with E-state index < -0.39 is 0 Å². The first-order valence-corrected chi connectivity index (χ1v) is 8.33. The number of pyridine rings is 1. The highest BCUT2D eigenvalue weighted by molar-refractivity contribution is 14.1. The van der Waals surface area contributed by atoms with Gasteiger partial charge in [-0.15, -0.1) is 0 Å². The molecule has 124 valence electrons. The average Bonchev–Trinajstić information content (AvgIpc) is 2.82. The molecule has 2 heterocycles. The Morgan fingerprint density at radius 1 is 1.33 bits per heavy atom. The molecule has 2 aromatic heterocycles. The molecule has 8 heteroatoms. The predicted molar refractivity (Wildman–Crippen MR) is 102 cm³/mol. The number of carbonyl (C=O) groups excluding carboxylic acids is 1. The van der Waals surface area contributed by atoms with Crippen LogP contribution in [0.5, 0.6) is 0 Å². The van der Waals surface area contributed by atoms with Gasteiger partial charge in [-0.1, -0.05) is 30.3 Å². The standard InChI is InChI=1S/C16H16IN5O2/c1-9(11-6-4-3-5-7-11)19-16(24)20-13-8-12-14(10(2)18-13)15(23)21-22(12)17/h3-9H,1-2H3,(H,21,23)(H2,18,19,20,24)/t9-/m1/s1. The summed E-state index contributed by atoms with van der Waals surface area (Å²) < 4.78 is 1.58. The van der Waals surface area contributed by atoms with Crippen molar-refractivity contribution in [2.24, 2.45) is 0 Å². The maximum Gasteiger partial charge on any atom is 0.320 e. The molecule has 7 nitrogen and oxygen atoms in total. The highest BCUT2D eigenvalue weighted by atomic mass is 127. The molecule has 0 radical (unpaired) electrons. The van der Waals surface area contributed by atoms with Crippen LogP contribution >= 0.6 is 22.9 Å². The number of aromatic nitrogens is 3. The van der Waals surface area contributed by atoms with Crippen LogP contribution in [0.1, 0.15) is 24.2 Å². The van der Waals surface area contributed by atoms with Crippen LogP contribution < -0.4 is 16.2 Å². The number of amides is 2. The topological polar surface area (TPSA) is 91.8 Å². The molecule has 1 aromatic carbocycles. The summed E-state index contributed by atoms with van der Waals surface area (Å²) in [7, 11) is 0. The van der Waals surface area contributed by atoms with E-state index in [2.05, 4.69) is 20.7 Å². The molecule has 1 atom stereocenters. The zero-order chi connectivity index (χ0) is 17.3. The van der Waals surface area contributed by atoms with Crippen LogP contribution in [0.2, 0.25) is 0 Å². The first-order chi connectivity index (χ1) is 11.5. The van der Waals surface area contributed by atoms with Crippen molar-refractivity contribution < 1.29 is 4.79 Å². The molecule has 3 aromatic rings. The van der Waals surface area contributed by atoms with E-state index in [0.717, 1.165) is 5.56 Å². The second kappa shape index (κ2) is 6.63. The van der Waals surface area contributed by atoms with E-state index in [1.807, 2.05) is 60.1 Å². The zero-order valence-corrected chi connectivity index (χ0v) is 15.3. The summed E-state index contributed by atoms with van der Waals surface area (Å²) in [6.07, 6.45) is 0. The van der Waals surface area contributed by atoms with Gasteiger partial charge in [0.15, 0.2) is 0 Å². The first kappa shape index (κ1) is 16.5. The minimum atomic E-state index is -0.351. The summed E-state index contributed by atoms with van der Waals surface area (Å²) in [5, 5.41) is 8.77. The van der Waals surface area contributed by atoms with Crippen LogP contribution in [0.4, 0.5) is 10.6 Å². The number of aromatic amines is 1. The Balaban J connectivity index is 1.78. The third kappa shape index (κ3) is 3.28. The fourth-order valence-electron chi connectivity index (χ4n) is 2.53. The number of nitrogens with zero attached hydrogens (tertiary/aromatic N) is 2. The van der Waals surface area contributed by atoms with Crippen LogP contribution in [0.3, 0.4) is 0 Å². The Morgan fingerprint density at radius 2 is 2.04 bits per heavy atom. The molecule has 0 saturated heterocycles. The number of rotatable bonds is 3. The van der Waals surface area contributed by atoms with E-state index in [9.17, 15) is 9.59 Å². The van der Waals surface area contributed by atoms with Gasteiger partial charge in [0.05, 0.1) is 45.5 Å². The summed E-state index contributed by atoms with van der Waals surface area (Å²) in [6, 6.07) is 10.9. The van der Waals surface area contributed by atoms with Crippen molar-refractivity contribution in [1.29, 1.82) is 0 Å². The number of urea groups is 1. The maximum atomic E-state index is 12.2. The van der Waals surface area contributed by atoms with Crippen LogP contribution in [-0.2, 0) is 0 Å². The van der Waals surface area contributed by atoms with Crippen molar-refractivity contribution in [2.75, 3.05) is 5.32 Å². The van der Waals surface area contributed by atoms with Crippen molar-refractivity contribution in [3.8, 4) is 0 Å². The van der Waals surface area contributed by atoms with E-state index in [4.69, 9.17) is 0 Å². The number of benzene rings is 1. The Morgan fingerprint density at radius 3 is 2.75 bits per heavy atom. The third-order valence-electron chi connectivity index (χ3n) is 3.71. The van der Waals surface area contributed by atoms with Gasteiger partial charge in [-0.05, 0) is 19.4 Å². The minimum Gasteiger partial charge on any atom is -0.331 e. The third-order valence-corrected chi connectivity index (χ3v) is 4.47. The molecule has 3 rings (SSSR count). The predicted octanol–water partition coefficient (Wildman–Crippen LogP) is 3.11. The molecule has 0 spiro atoms. The molecule has 3 N–H and O–H groups in total. The second-order valence-electron chi connectivity index (χ2n) is 5.44. The molecule has 0 unspecified atom stereocenters. The number of fused-ring (bicyclic) bond motifs is 1. The second-order valence-corrected chi connectivity index (χ2v) is 6.40. The molecule has 0 fully saturated rings. The number of hydrogen-bond acceptors (Lipinski definition) is 3. The van der Waals surface area contributed by atoms with Gasteiger partial charge in [0.2, 0.25) is 0 Å². The van der Waals surface area contributed by atoms with Crippen LogP contribution in [0.15, 0.2) is 41.2 Å². The average molecular weight is 437 g/mol. The number of nitrogens with one attached hydrogen (secondary N) is 3. The number of carbonyl (C=O) groups is 1. The largest absolute Gasteiger partial charge is 0.331 e. The lowest BCUT2D eigenvalue weighted by Gasteiger charge is -2.15. The fourth-order valence-corrected chi connectivity index (χ4v) is 3.13. The number of halogens is 1. The van der Waals surface area contributed by atoms with Crippen molar-refractivity contribution in [3.63, 3.8) is 0 Å². The summed E-state index contributed by atoms with van der Waals surface area (Å²) >= 11 is 1.98. The lowest BCUT2D eigenvalue weighted by Crippen LogP contribution is -2.31. The van der Waals surface area contributed by atoms with Gasteiger partial charge in [0, 0.05) is 6.07 Å². The number of H-pyrrole nitrogens is 1. The molecule has 24 heavy (non-hydrogen) atoms. The van der Waals surface area contributed by atoms with Crippen molar-refractivity contribution in [2.45, 2.75) is 19.9 Å². The Labute approximate surface area is 151 Å². The van der Waals surface area contributed by atoms with Gasteiger partial charge in [-0.25, -0.2) is 12.7 Å². The first-order valence-electron chi connectivity index (χ1n) is 7.36. The Hall–Kier alpha value is -2.36. The minimum absolute atomic E-state index is 0.133. The van der Waals surface area contributed by atoms with Crippen LogP contribution in [0.25, 0.3) is 10.9 Å². The van der Waals surface area contributed by atoms with Crippen LogP contribution in [0, 0.1) is 6.92 Å². The molecule has 0 aliphatic rings. The van der Waals surface area contributed by atoms with Crippen molar-refractivity contribution >= 4 is 45.6 Å². The van der Waals surface area contributed by atoms with Gasteiger partial charge in [-0.2, -0.15) is 0 Å². The molecule has 0 saturated carbocycles. The quantitative estimate of drug-likeness (QED) is 0.550. The number of aryl methyl sites for hydroxylation is 1. The van der Waals surface area contributed by atoms with E-state index in [0.29, 0.717) is 22.4 Å². The Bertz CT molecular complexity index is 948. The van der Waals surface area contributed by atoms with Gasteiger partial charge in [0.25, 0.3) is 5.56 Å². The molecule has 0 aliphatic heterocycles. The lowest BCUT2D eigenvalue weighted by atomic mass is 10.1. The van der Waals surface area contributed by atoms with Gasteiger partial charge >= 0.3 is 6.03 Å². The van der Waals surface area contributed by atoms with E-state index in [1.54, 1.807) is 15.9 Å². The van der Waals surface area contributed by atoms with Gasteiger partial charge in [-0.3, -0.25) is 15.2 Å². The smallest absolute Gasteiger partial charge is 0.320 e.